The van der Waals surface area contributed by atoms with E-state index in [9.17, 15) is 4.79 Å². The highest BCUT2D eigenvalue weighted by Gasteiger charge is 2.34. The van der Waals surface area contributed by atoms with Crippen LogP contribution in [-0.4, -0.2) is 18.4 Å². The summed E-state index contributed by atoms with van der Waals surface area (Å²) in [5.74, 6) is 1.58. The Balaban J connectivity index is 1.96. The molecule has 15 heavy (non-hydrogen) atoms. The van der Waals surface area contributed by atoms with E-state index in [-0.39, 0.29) is 6.04 Å². The molecule has 1 aliphatic heterocycles. The highest BCUT2D eigenvalue weighted by molar-refractivity contribution is 5.86. The van der Waals surface area contributed by atoms with E-state index >= 15 is 0 Å². The summed E-state index contributed by atoms with van der Waals surface area (Å²) < 4.78 is 0. The van der Waals surface area contributed by atoms with Crippen LogP contribution in [0.25, 0.3) is 0 Å². The van der Waals surface area contributed by atoms with Crippen molar-refractivity contribution in [1.82, 2.24) is 5.32 Å². The molecular weight excluding hydrogens is 186 g/mol. The maximum Gasteiger partial charge on any atom is 0.153 e. The summed E-state index contributed by atoms with van der Waals surface area (Å²) in [4.78, 5) is 12.3. The van der Waals surface area contributed by atoms with E-state index in [1.54, 1.807) is 0 Å². The first kappa shape index (κ1) is 11.1. The third-order valence-corrected chi connectivity index (χ3v) is 4.20. The molecule has 1 aliphatic carbocycles. The second-order valence-corrected chi connectivity index (χ2v) is 5.11. The standard InChI is InChI=1S/C13H23NO/c1-2-10-6-3-4-7-11(10)13(15)12-8-5-9-14-12/h10-12,14H,2-9H2,1H3. The van der Waals surface area contributed by atoms with Gasteiger partial charge in [0, 0.05) is 5.92 Å². The average Bonchev–Trinajstić information content (AvgIpc) is 2.81. The van der Waals surface area contributed by atoms with Crippen molar-refractivity contribution in [3.63, 3.8) is 0 Å². The van der Waals surface area contributed by atoms with Gasteiger partial charge in [0.2, 0.25) is 0 Å². The molecule has 2 nitrogen and oxygen atoms in total. The quantitative estimate of drug-likeness (QED) is 0.774. The lowest BCUT2D eigenvalue weighted by Gasteiger charge is -2.31. The van der Waals surface area contributed by atoms with E-state index in [0.717, 1.165) is 19.4 Å². The lowest BCUT2D eigenvalue weighted by Crippen LogP contribution is -2.39. The van der Waals surface area contributed by atoms with E-state index in [1.165, 1.54) is 32.1 Å². The number of hydrogen-bond acceptors (Lipinski definition) is 2. The normalized spacial score (nSPS) is 36.7. The molecule has 1 saturated carbocycles. The Bertz CT molecular complexity index is 221. The Morgan fingerprint density at radius 1 is 1.20 bits per heavy atom. The topological polar surface area (TPSA) is 29.1 Å². The molecular formula is C13H23NO. The van der Waals surface area contributed by atoms with Gasteiger partial charge in [-0.05, 0) is 38.1 Å². The Hall–Kier alpha value is -0.370. The summed E-state index contributed by atoms with van der Waals surface area (Å²) in [5.41, 5.74) is 0. The van der Waals surface area contributed by atoms with Crippen molar-refractivity contribution in [2.24, 2.45) is 11.8 Å². The van der Waals surface area contributed by atoms with Gasteiger partial charge in [-0.2, -0.15) is 0 Å². The molecule has 0 aromatic carbocycles. The number of ketones is 1. The Morgan fingerprint density at radius 3 is 2.67 bits per heavy atom. The van der Waals surface area contributed by atoms with Crippen molar-refractivity contribution in [3.8, 4) is 0 Å². The Kier molecular flexibility index (Phi) is 3.79. The highest BCUT2D eigenvalue weighted by atomic mass is 16.1. The molecule has 0 bridgehead atoms. The lowest BCUT2D eigenvalue weighted by atomic mass is 9.74. The molecule has 0 spiro atoms. The van der Waals surface area contributed by atoms with Crippen LogP contribution in [0.2, 0.25) is 0 Å². The van der Waals surface area contributed by atoms with Crippen molar-refractivity contribution >= 4 is 5.78 Å². The zero-order valence-corrected chi connectivity index (χ0v) is 9.80. The monoisotopic (exact) mass is 209 g/mol. The van der Waals surface area contributed by atoms with Gasteiger partial charge in [0.05, 0.1) is 6.04 Å². The number of hydrogen-bond donors (Lipinski definition) is 1. The maximum atomic E-state index is 12.3. The molecule has 1 saturated heterocycles. The van der Waals surface area contributed by atoms with Crippen LogP contribution in [0.4, 0.5) is 0 Å². The van der Waals surface area contributed by atoms with Gasteiger partial charge in [-0.3, -0.25) is 4.79 Å². The number of nitrogens with one attached hydrogen (secondary N) is 1. The van der Waals surface area contributed by atoms with Crippen LogP contribution in [0, 0.1) is 11.8 Å². The molecule has 2 rings (SSSR count). The van der Waals surface area contributed by atoms with E-state index in [0.29, 0.717) is 17.6 Å². The number of rotatable bonds is 3. The zero-order chi connectivity index (χ0) is 10.7. The van der Waals surface area contributed by atoms with Crippen molar-refractivity contribution < 1.29 is 4.79 Å². The van der Waals surface area contributed by atoms with Crippen LogP contribution in [0.3, 0.4) is 0 Å². The van der Waals surface area contributed by atoms with Crippen molar-refractivity contribution in [1.29, 1.82) is 0 Å². The predicted octanol–water partition coefficient (Wildman–Crippen LogP) is 2.52. The molecule has 3 atom stereocenters. The highest BCUT2D eigenvalue weighted by Crippen LogP contribution is 2.34. The maximum absolute atomic E-state index is 12.3. The van der Waals surface area contributed by atoms with Crippen LogP contribution >= 0.6 is 0 Å². The minimum absolute atomic E-state index is 0.196. The van der Waals surface area contributed by atoms with Crippen molar-refractivity contribution in [2.75, 3.05) is 6.54 Å². The van der Waals surface area contributed by atoms with E-state index in [4.69, 9.17) is 0 Å². The fourth-order valence-electron chi connectivity index (χ4n) is 3.26. The summed E-state index contributed by atoms with van der Waals surface area (Å²) in [7, 11) is 0. The van der Waals surface area contributed by atoms with E-state index < -0.39 is 0 Å². The first-order valence-electron chi connectivity index (χ1n) is 6.60. The van der Waals surface area contributed by atoms with Crippen LogP contribution in [0.15, 0.2) is 0 Å². The van der Waals surface area contributed by atoms with Gasteiger partial charge in [-0.25, -0.2) is 0 Å². The number of carbonyl (C=O) groups is 1. The Labute approximate surface area is 92.8 Å². The van der Waals surface area contributed by atoms with Crippen molar-refractivity contribution in [3.05, 3.63) is 0 Å². The molecule has 2 aliphatic rings. The molecule has 0 aromatic rings. The summed E-state index contributed by atoms with van der Waals surface area (Å²) in [6.07, 6.45) is 8.46. The minimum atomic E-state index is 0.196. The van der Waals surface area contributed by atoms with E-state index in [1.807, 2.05) is 0 Å². The van der Waals surface area contributed by atoms with Crippen LogP contribution in [-0.2, 0) is 4.79 Å². The molecule has 0 aromatic heterocycles. The second kappa shape index (κ2) is 5.11. The van der Waals surface area contributed by atoms with Crippen LogP contribution in [0.5, 0.6) is 0 Å². The summed E-state index contributed by atoms with van der Waals surface area (Å²) in [6, 6.07) is 0.196. The van der Waals surface area contributed by atoms with Gasteiger partial charge >= 0.3 is 0 Å². The molecule has 86 valence electrons. The predicted molar refractivity (Wildman–Crippen MR) is 61.8 cm³/mol. The van der Waals surface area contributed by atoms with Gasteiger partial charge in [0.15, 0.2) is 5.78 Å². The zero-order valence-electron chi connectivity index (χ0n) is 9.80. The smallest absolute Gasteiger partial charge is 0.153 e. The molecule has 2 heteroatoms. The van der Waals surface area contributed by atoms with Crippen molar-refractivity contribution in [2.45, 2.75) is 57.9 Å². The molecule has 2 fully saturated rings. The minimum Gasteiger partial charge on any atom is -0.307 e. The number of Topliss-reactive ketones (excluding diaryl/α,β-unsaturated/α-hetero) is 1. The SMILES string of the molecule is CCC1CCCCC1C(=O)C1CCCN1. The van der Waals surface area contributed by atoms with Gasteiger partial charge in [-0.15, -0.1) is 0 Å². The van der Waals surface area contributed by atoms with Gasteiger partial charge in [0.1, 0.15) is 0 Å². The third kappa shape index (κ3) is 2.41. The largest absolute Gasteiger partial charge is 0.307 e. The fourth-order valence-corrected chi connectivity index (χ4v) is 3.26. The van der Waals surface area contributed by atoms with Gasteiger partial charge < -0.3 is 5.32 Å². The summed E-state index contributed by atoms with van der Waals surface area (Å²) in [6.45, 7) is 3.28. The lowest BCUT2D eigenvalue weighted by molar-refractivity contribution is -0.127. The van der Waals surface area contributed by atoms with E-state index in [2.05, 4.69) is 12.2 Å². The first-order chi connectivity index (χ1) is 7.33. The fraction of sp³-hybridized carbons (Fsp3) is 0.923. The van der Waals surface area contributed by atoms with Crippen LogP contribution < -0.4 is 5.32 Å². The average molecular weight is 209 g/mol. The second-order valence-electron chi connectivity index (χ2n) is 5.11. The molecule has 1 N–H and O–H groups in total. The number of carbonyl (C=O) groups excluding carboxylic acids is 1. The molecule has 3 unspecified atom stereocenters. The summed E-state index contributed by atoms with van der Waals surface area (Å²) >= 11 is 0. The molecule has 0 radical (unpaired) electrons. The third-order valence-electron chi connectivity index (χ3n) is 4.20. The molecule has 0 amide bonds. The first-order valence-corrected chi connectivity index (χ1v) is 6.60. The van der Waals surface area contributed by atoms with Gasteiger partial charge in [-0.1, -0.05) is 26.2 Å². The van der Waals surface area contributed by atoms with Gasteiger partial charge in [0.25, 0.3) is 0 Å². The molecule has 1 heterocycles. The Morgan fingerprint density at radius 2 is 2.00 bits per heavy atom. The summed E-state index contributed by atoms with van der Waals surface area (Å²) in [5, 5.41) is 3.35. The van der Waals surface area contributed by atoms with Crippen LogP contribution in [0.1, 0.15) is 51.9 Å².